The summed E-state index contributed by atoms with van der Waals surface area (Å²) in [6.45, 7) is 1.79. The molecule has 2 N–H and O–H groups in total. The number of halogens is 2. The van der Waals surface area contributed by atoms with E-state index in [4.69, 9.17) is 0 Å². The maximum absolute atomic E-state index is 11.9. The molecule has 2 atom stereocenters. The van der Waals surface area contributed by atoms with Crippen LogP contribution in [0.15, 0.2) is 17.5 Å². The summed E-state index contributed by atoms with van der Waals surface area (Å²) >= 11 is 1.74. The number of carbonyl (C=O) groups is 1. The highest BCUT2D eigenvalue weighted by Gasteiger charge is 2.18. The Morgan fingerprint density at radius 3 is 2.82 bits per heavy atom. The molecule has 2 unspecified atom stereocenters. The minimum atomic E-state index is 0. The number of thiophene rings is 1. The maximum Gasteiger partial charge on any atom is 0.220 e. The third kappa shape index (κ3) is 6.84. The van der Waals surface area contributed by atoms with Crippen LogP contribution in [0, 0.1) is 0 Å². The van der Waals surface area contributed by atoms with E-state index in [0.717, 1.165) is 13.0 Å². The summed E-state index contributed by atoms with van der Waals surface area (Å²) in [6, 6.07) is 5.00. The number of amides is 1. The van der Waals surface area contributed by atoms with E-state index in [1.54, 1.807) is 11.3 Å². The van der Waals surface area contributed by atoms with Crippen LogP contribution in [0.3, 0.4) is 0 Å². The molecule has 7 heteroatoms. The molecule has 2 heterocycles. The first-order chi connectivity index (χ1) is 9.66. The van der Waals surface area contributed by atoms with Gasteiger partial charge in [-0.2, -0.15) is 0 Å². The first-order valence-electron chi connectivity index (χ1n) is 7.36. The number of likely N-dealkylation sites (N-methyl/N-ethyl adjacent to an activating group) is 1. The van der Waals surface area contributed by atoms with Gasteiger partial charge in [-0.15, -0.1) is 36.2 Å². The fourth-order valence-electron chi connectivity index (χ4n) is 2.63. The Kier molecular flexibility index (Phi) is 11.1. The standard InChI is InChI=1S/C15H25N3OS.2ClH/c1-18(2)13(14-6-4-10-20-14)11-17-15(19)8-7-12-5-3-9-16-12;;/h4,6,10,12-13,16H,3,5,7-9,11H2,1-2H3,(H,17,19);2*1H. The Labute approximate surface area is 149 Å². The lowest BCUT2D eigenvalue weighted by atomic mass is 10.1. The van der Waals surface area contributed by atoms with Gasteiger partial charge in [0.05, 0.1) is 6.04 Å². The van der Waals surface area contributed by atoms with Gasteiger partial charge in [-0.25, -0.2) is 0 Å². The molecule has 0 spiro atoms. The number of hydrogen-bond acceptors (Lipinski definition) is 4. The molecule has 128 valence electrons. The van der Waals surface area contributed by atoms with E-state index in [1.807, 2.05) is 0 Å². The third-order valence-corrected chi connectivity index (χ3v) is 4.84. The van der Waals surface area contributed by atoms with E-state index in [1.165, 1.54) is 17.7 Å². The first-order valence-corrected chi connectivity index (χ1v) is 8.24. The number of nitrogens with zero attached hydrogens (tertiary/aromatic N) is 1. The number of carbonyl (C=O) groups excluding carboxylic acids is 1. The Bertz CT molecular complexity index is 409. The summed E-state index contributed by atoms with van der Waals surface area (Å²) in [6.07, 6.45) is 4.04. The van der Waals surface area contributed by atoms with Crippen LogP contribution in [0.2, 0.25) is 0 Å². The van der Waals surface area contributed by atoms with E-state index in [2.05, 4.69) is 47.1 Å². The van der Waals surface area contributed by atoms with E-state index < -0.39 is 0 Å². The van der Waals surface area contributed by atoms with Gasteiger partial charge in [0, 0.05) is 23.9 Å². The van der Waals surface area contributed by atoms with Crippen molar-refractivity contribution in [1.82, 2.24) is 15.5 Å². The zero-order valence-corrected chi connectivity index (χ0v) is 15.7. The third-order valence-electron chi connectivity index (χ3n) is 3.87. The van der Waals surface area contributed by atoms with Crippen molar-refractivity contribution in [3.8, 4) is 0 Å². The minimum Gasteiger partial charge on any atom is -0.354 e. The number of nitrogens with one attached hydrogen (secondary N) is 2. The van der Waals surface area contributed by atoms with Gasteiger partial charge in [0.1, 0.15) is 0 Å². The van der Waals surface area contributed by atoms with Gasteiger partial charge in [0.15, 0.2) is 0 Å². The second-order valence-electron chi connectivity index (χ2n) is 5.63. The molecule has 0 radical (unpaired) electrons. The smallest absolute Gasteiger partial charge is 0.220 e. The Balaban J connectivity index is 0.00000220. The topological polar surface area (TPSA) is 44.4 Å². The van der Waals surface area contributed by atoms with E-state index >= 15 is 0 Å². The molecule has 0 saturated carbocycles. The average Bonchev–Trinajstić information content (AvgIpc) is 3.09. The van der Waals surface area contributed by atoms with Crippen LogP contribution in [0.1, 0.15) is 36.6 Å². The molecular formula is C15H27Cl2N3OS. The molecule has 1 aliphatic rings. The van der Waals surface area contributed by atoms with Crippen molar-refractivity contribution in [2.75, 3.05) is 27.2 Å². The van der Waals surface area contributed by atoms with Crippen molar-refractivity contribution in [1.29, 1.82) is 0 Å². The molecular weight excluding hydrogens is 341 g/mol. The molecule has 1 aromatic heterocycles. The maximum atomic E-state index is 11.9. The first kappa shape index (κ1) is 21.7. The molecule has 0 aliphatic carbocycles. The van der Waals surface area contributed by atoms with Gasteiger partial charge in [0.2, 0.25) is 5.91 Å². The van der Waals surface area contributed by atoms with Crippen molar-refractivity contribution in [2.45, 2.75) is 37.8 Å². The second kappa shape index (κ2) is 11.2. The highest BCUT2D eigenvalue weighted by Crippen LogP contribution is 2.22. The zero-order chi connectivity index (χ0) is 14.4. The molecule has 2 rings (SSSR count). The quantitative estimate of drug-likeness (QED) is 0.778. The second-order valence-corrected chi connectivity index (χ2v) is 6.61. The van der Waals surface area contributed by atoms with E-state index in [0.29, 0.717) is 19.0 Å². The van der Waals surface area contributed by atoms with Crippen LogP contribution in [0.5, 0.6) is 0 Å². The van der Waals surface area contributed by atoms with Crippen LogP contribution in [-0.2, 0) is 4.79 Å². The zero-order valence-electron chi connectivity index (χ0n) is 13.2. The summed E-state index contributed by atoms with van der Waals surface area (Å²) in [5, 5.41) is 8.59. The molecule has 4 nitrogen and oxygen atoms in total. The number of rotatable bonds is 7. The number of hydrogen-bond donors (Lipinski definition) is 2. The average molecular weight is 368 g/mol. The predicted molar refractivity (Wildman–Crippen MR) is 98.5 cm³/mol. The molecule has 0 aromatic carbocycles. The monoisotopic (exact) mass is 367 g/mol. The van der Waals surface area contributed by atoms with Crippen molar-refractivity contribution in [3.63, 3.8) is 0 Å². The molecule has 1 saturated heterocycles. The lowest BCUT2D eigenvalue weighted by Gasteiger charge is -2.23. The van der Waals surface area contributed by atoms with Crippen LogP contribution in [0.25, 0.3) is 0 Å². The highest BCUT2D eigenvalue weighted by molar-refractivity contribution is 7.10. The van der Waals surface area contributed by atoms with Gasteiger partial charge < -0.3 is 15.5 Å². The van der Waals surface area contributed by atoms with Gasteiger partial charge in [-0.3, -0.25) is 4.79 Å². The minimum absolute atomic E-state index is 0. The summed E-state index contributed by atoms with van der Waals surface area (Å²) in [5.74, 6) is 0.169. The fraction of sp³-hybridized carbons (Fsp3) is 0.667. The Morgan fingerprint density at radius 1 is 1.50 bits per heavy atom. The van der Waals surface area contributed by atoms with Crippen LogP contribution >= 0.6 is 36.2 Å². The summed E-state index contributed by atoms with van der Waals surface area (Å²) in [7, 11) is 4.11. The lowest BCUT2D eigenvalue weighted by Crippen LogP contribution is -2.34. The summed E-state index contributed by atoms with van der Waals surface area (Å²) < 4.78 is 0. The SMILES string of the molecule is CN(C)C(CNC(=O)CCC1CCCN1)c1cccs1.Cl.Cl. The van der Waals surface area contributed by atoms with Crippen LogP contribution in [-0.4, -0.2) is 44.0 Å². The molecule has 0 bridgehead atoms. The molecule has 1 aromatic rings. The van der Waals surface area contributed by atoms with Crippen molar-refractivity contribution >= 4 is 42.1 Å². The highest BCUT2D eigenvalue weighted by atomic mass is 35.5. The van der Waals surface area contributed by atoms with Gasteiger partial charge in [-0.1, -0.05) is 6.07 Å². The lowest BCUT2D eigenvalue weighted by molar-refractivity contribution is -0.121. The predicted octanol–water partition coefficient (Wildman–Crippen LogP) is 2.84. The van der Waals surface area contributed by atoms with Crippen molar-refractivity contribution in [3.05, 3.63) is 22.4 Å². The van der Waals surface area contributed by atoms with Gasteiger partial charge in [-0.05, 0) is 51.3 Å². The van der Waals surface area contributed by atoms with Crippen LogP contribution < -0.4 is 10.6 Å². The molecule has 1 aliphatic heterocycles. The molecule has 1 amide bonds. The van der Waals surface area contributed by atoms with Gasteiger partial charge in [0.25, 0.3) is 0 Å². The Hall–Kier alpha value is -0.330. The van der Waals surface area contributed by atoms with E-state index in [-0.39, 0.29) is 36.8 Å². The largest absolute Gasteiger partial charge is 0.354 e. The summed E-state index contributed by atoms with van der Waals surface area (Å²) in [5.41, 5.74) is 0. The van der Waals surface area contributed by atoms with Crippen molar-refractivity contribution < 1.29 is 4.79 Å². The van der Waals surface area contributed by atoms with Crippen molar-refractivity contribution in [2.24, 2.45) is 0 Å². The molecule has 22 heavy (non-hydrogen) atoms. The normalized spacial score (nSPS) is 18.4. The fourth-order valence-corrected chi connectivity index (χ4v) is 3.55. The van der Waals surface area contributed by atoms with Gasteiger partial charge >= 0.3 is 0 Å². The molecule has 1 fully saturated rings. The summed E-state index contributed by atoms with van der Waals surface area (Å²) in [4.78, 5) is 15.4. The van der Waals surface area contributed by atoms with E-state index in [9.17, 15) is 4.79 Å². The Morgan fingerprint density at radius 2 is 2.27 bits per heavy atom. The van der Waals surface area contributed by atoms with Crippen LogP contribution in [0.4, 0.5) is 0 Å².